The molecule has 0 amide bonds. The highest BCUT2D eigenvalue weighted by molar-refractivity contribution is 5.88. The van der Waals surface area contributed by atoms with Crippen molar-refractivity contribution in [3.05, 3.63) is 23.8 Å². The Hall–Kier alpha value is -1.77. The summed E-state index contributed by atoms with van der Waals surface area (Å²) in [4.78, 5) is 7.12. The zero-order valence-corrected chi connectivity index (χ0v) is 8.42. The molecule has 2 aromatic rings. The van der Waals surface area contributed by atoms with Crippen LogP contribution in [0.1, 0.15) is 12.0 Å². The molecule has 76 valence electrons. The molecule has 1 aromatic carbocycles. The molecule has 1 aliphatic heterocycles. The van der Waals surface area contributed by atoms with Gasteiger partial charge in [0.2, 0.25) is 0 Å². The van der Waals surface area contributed by atoms with E-state index in [0.717, 1.165) is 36.5 Å². The first-order valence-electron chi connectivity index (χ1n) is 5.12. The van der Waals surface area contributed by atoms with Crippen LogP contribution >= 0.6 is 0 Å². The highest BCUT2D eigenvalue weighted by atomic mass is 16.5. The predicted octanol–water partition coefficient (Wildman–Crippen LogP) is 2.83. The van der Waals surface area contributed by atoms with Crippen LogP contribution in [0.3, 0.4) is 0 Å². The van der Waals surface area contributed by atoms with E-state index in [4.69, 9.17) is 4.74 Å². The van der Waals surface area contributed by atoms with Gasteiger partial charge >= 0.3 is 0 Å². The molecule has 15 heavy (non-hydrogen) atoms. The topological polar surface area (TPSA) is 37.4 Å². The number of aromatic nitrogens is 1. The van der Waals surface area contributed by atoms with Gasteiger partial charge < -0.3 is 9.72 Å². The Bertz CT molecular complexity index is 528. The number of H-pyrrole nitrogens is 1. The van der Waals surface area contributed by atoms with Gasteiger partial charge in [0.05, 0.1) is 6.61 Å². The van der Waals surface area contributed by atoms with E-state index >= 15 is 0 Å². The molecule has 0 bridgehead atoms. The average molecular weight is 200 g/mol. The largest absolute Gasteiger partial charge is 0.493 e. The van der Waals surface area contributed by atoms with E-state index in [-0.39, 0.29) is 0 Å². The van der Waals surface area contributed by atoms with E-state index in [1.165, 1.54) is 10.9 Å². The lowest BCUT2D eigenvalue weighted by Gasteiger charge is -2.17. The minimum atomic E-state index is 0.823. The van der Waals surface area contributed by atoms with Crippen LogP contribution in [0.25, 0.3) is 10.9 Å². The van der Waals surface area contributed by atoms with Crippen molar-refractivity contribution in [1.29, 1.82) is 0 Å². The van der Waals surface area contributed by atoms with Crippen LogP contribution in [0, 0.1) is 0 Å². The molecule has 2 heterocycles. The minimum Gasteiger partial charge on any atom is -0.493 e. The van der Waals surface area contributed by atoms with E-state index in [1.54, 1.807) is 0 Å². The summed E-state index contributed by atoms with van der Waals surface area (Å²) in [6, 6.07) is 6.10. The van der Waals surface area contributed by atoms with Crippen LogP contribution in [0.5, 0.6) is 5.75 Å². The Morgan fingerprint density at radius 1 is 1.40 bits per heavy atom. The molecule has 0 saturated heterocycles. The average Bonchev–Trinajstić information content (AvgIpc) is 2.72. The molecule has 0 radical (unpaired) electrons. The van der Waals surface area contributed by atoms with Crippen molar-refractivity contribution in [2.24, 2.45) is 4.99 Å². The van der Waals surface area contributed by atoms with Gasteiger partial charge in [0.25, 0.3) is 0 Å². The van der Waals surface area contributed by atoms with Crippen LogP contribution < -0.4 is 4.74 Å². The summed E-state index contributed by atoms with van der Waals surface area (Å²) in [6.07, 6.45) is 2.18. The zero-order valence-electron chi connectivity index (χ0n) is 8.42. The summed E-state index contributed by atoms with van der Waals surface area (Å²) in [6.45, 7) is 4.35. The molecule has 1 aromatic heterocycles. The van der Waals surface area contributed by atoms with Crippen LogP contribution in [0.15, 0.2) is 23.2 Å². The van der Waals surface area contributed by atoms with Gasteiger partial charge in [-0.1, -0.05) is 0 Å². The maximum absolute atomic E-state index is 5.61. The monoisotopic (exact) mass is 200 g/mol. The second kappa shape index (κ2) is 3.12. The maximum Gasteiger partial charge on any atom is 0.130 e. The molecule has 0 fully saturated rings. The Morgan fingerprint density at radius 3 is 3.20 bits per heavy atom. The van der Waals surface area contributed by atoms with Crippen LogP contribution in [0.4, 0.5) is 5.82 Å². The lowest BCUT2D eigenvalue weighted by molar-refractivity contribution is 0.289. The van der Waals surface area contributed by atoms with E-state index in [2.05, 4.69) is 16.7 Å². The van der Waals surface area contributed by atoms with Crippen molar-refractivity contribution in [2.75, 3.05) is 6.61 Å². The summed E-state index contributed by atoms with van der Waals surface area (Å²) >= 11 is 0. The third kappa shape index (κ3) is 1.23. The molecule has 3 nitrogen and oxygen atoms in total. The highest BCUT2D eigenvalue weighted by Crippen LogP contribution is 2.33. The Labute approximate surface area is 87.8 Å². The van der Waals surface area contributed by atoms with Gasteiger partial charge in [-0.3, -0.25) is 0 Å². The van der Waals surface area contributed by atoms with Crippen molar-refractivity contribution in [3.63, 3.8) is 0 Å². The summed E-state index contributed by atoms with van der Waals surface area (Å²) in [7, 11) is 0. The fourth-order valence-electron chi connectivity index (χ4n) is 2.14. The van der Waals surface area contributed by atoms with Crippen molar-refractivity contribution >= 4 is 23.4 Å². The zero-order chi connectivity index (χ0) is 10.3. The summed E-state index contributed by atoms with van der Waals surface area (Å²) in [5.41, 5.74) is 2.41. The lowest BCUT2D eigenvalue weighted by atomic mass is 10.0. The fraction of sp³-hybridized carbons (Fsp3) is 0.250. The SMILES string of the molecule is C=Nc1cc2c3c(ccc2[nH]1)OCCC3. The fourth-order valence-corrected chi connectivity index (χ4v) is 2.14. The number of aliphatic imine (C=N–C) groups is 1. The Balaban J connectivity index is 2.30. The van der Waals surface area contributed by atoms with Gasteiger partial charge in [-0.15, -0.1) is 0 Å². The minimum absolute atomic E-state index is 0.823. The molecule has 0 spiro atoms. The van der Waals surface area contributed by atoms with E-state index < -0.39 is 0 Å². The molecule has 3 heteroatoms. The highest BCUT2D eigenvalue weighted by Gasteiger charge is 2.14. The number of ether oxygens (including phenoxy) is 1. The number of nitrogens with one attached hydrogen (secondary N) is 1. The number of rotatable bonds is 1. The Morgan fingerprint density at radius 2 is 2.33 bits per heavy atom. The summed E-state index contributed by atoms with van der Waals surface area (Å²) < 4.78 is 5.61. The molecule has 1 N–H and O–H groups in total. The predicted molar refractivity (Wildman–Crippen MR) is 61.3 cm³/mol. The molecule has 3 rings (SSSR count). The van der Waals surface area contributed by atoms with E-state index in [0.29, 0.717) is 0 Å². The Kier molecular flexibility index (Phi) is 1.78. The molecule has 0 saturated carbocycles. The van der Waals surface area contributed by atoms with Crippen molar-refractivity contribution in [3.8, 4) is 5.75 Å². The number of hydrogen-bond donors (Lipinski definition) is 1. The summed E-state index contributed by atoms with van der Waals surface area (Å²) in [5, 5.41) is 1.22. The first kappa shape index (κ1) is 8.53. The van der Waals surface area contributed by atoms with Crippen molar-refractivity contribution < 1.29 is 4.74 Å². The normalized spacial score (nSPS) is 14.7. The standard InChI is InChI=1S/C12H12N2O/c1-13-12-7-9-8-3-2-6-15-11(8)5-4-10(9)14-12/h4-5,7,14H,1-3,6H2. The number of aryl methyl sites for hydroxylation is 1. The second-order valence-corrected chi connectivity index (χ2v) is 3.77. The molecule has 0 atom stereocenters. The molecule has 0 unspecified atom stereocenters. The van der Waals surface area contributed by atoms with Gasteiger partial charge in [0.15, 0.2) is 0 Å². The van der Waals surface area contributed by atoms with Crippen LogP contribution in [-0.4, -0.2) is 18.3 Å². The quantitative estimate of drug-likeness (QED) is 0.706. The first-order valence-corrected chi connectivity index (χ1v) is 5.12. The number of nitrogens with zero attached hydrogens (tertiary/aromatic N) is 1. The van der Waals surface area contributed by atoms with Gasteiger partial charge in [-0.25, -0.2) is 4.99 Å². The summed E-state index contributed by atoms with van der Waals surface area (Å²) in [5.74, 6) is 1.84. The van der Waals surface area contributed by atoms with Gasteiger partial charge in [-0.2, -0.15) is 0 Å². The molecule has 1 aliphatic rings. The van der Waals surface area contributed by atoms with E-state index in [1.807, 2.05) is 18.2 Å². The second-order valence-electron chi connectivity index (χ2n) is 3.77. The molecular weight excluding hydrogens is 188 g/mol. The molecular formula is C12H12N2O. The number of benzene rings is 1. The smallest absolute Gasteiger partial charge is 0.130 e. The van der Waals surface area contributed by atoms with Crippen molar-refractivity contribution in [2.45, 2.75) is 12.8 Å². The third-order valence-electron chi connectivity index (χ3n) is 2.86. The van der Waals surface area contributed by atoms with Crippen LogP contribution in [-0.2, 0) is 6.42 Å². The number of aromatic amines is 1. The lowest BCUT2D eigenvalue weighted by Crippen LogP contribution is -2.08. The van der Waals surface area contributed by atoms with Crippen LogP contribution in [0.2, 0.25) is 0 Å². The van der Waals surface area contributed by atoms with Gasteiger partial charge in [0, 0.05) is 16.5 Å². The van der Waals surface area contributed by atoms with Crippen molar-refractivity contribution in [1.82, 2.24) is 4.98 Å². The number of fused-ring (bicyclic) bond motifs is 3. The number of hydrogen-bond acceptors (Lipinski definition) is 2. The van der Waals surface area contributed by atoms with Gasteiger partial charge in [-0.05, 0) is 37.8 Å². The molecule has 0 aliphatic carbocycles. The van der Waals surface area contributed by atoms with E-state index in [9.17, 15) is 0 Å². The third-order valence-corrected chi connectivity index (χ3v) is 2.86. The maximum atomic E-state index is 5.61. The van der Waals surface area contributed by atoms with Gasteiger partial charge in [0.1, 0.15) is 11.6 Å². The first-order chi connectivity index (χ1) is 7.38.